The Bertz CT molecular complexity index is 1200. The Hall–Kier alpha value is -3.22. The summed E-state index contributed by atoms with van der Waals surface area (Å²) in [5, 5.41) is 3.24. The molecule has 1 amide bonds. The molecule has 0 atom stereocenters. The summed E-state index contributed by atoms with van der Waals surface area (Å²) in [6.07, 6.45) is 3.92. The second-order valence-electron chi connectivity index (χ2n) is 8.21. The summed E-state index contributed by atoms with van der Waals surface area (Å²) in [7, 11) is 0. The van der Waals surface area contributed by atoms with Gasteiger partial charge < -0.3 is 14.5 Å². The Labute approximate surface area is 177 Å². The van der Waals surface area contributed by atoms with E-state index in [0.29, 0.717) is 47.2 Å². The number of carbonyl (C=O) groups excluding carboxylic acids is 2. The van der Waals surface area contributed by atoms with Crippen LogP contribution in [0.1, 0.15) is 65.5 Å². The molecule has 0 saturated heterocycles. The van der Waals surface area contributed by atoms with E-state index in [9.17, 15) is 18.4 Å². The summed E-state index contributed by atoms with van der Waals surface area (Å²) in [6.45, 7) is 2.40. The van der Waals surface area contributed by atoms with Gasteiger partial charge in [0.2, 0.25) is 0 Å². The van der Waals surface area contributed by atoms with E-state index in [-0.39, 0.29) is 17.0 Å². The minimum atomic E-state index is -0.784. The highest BCUT2D eigenvalue weighted by Gasteiger charge is 2.52. The monoisotopic (exact) mass is 425 g/mol. The van der Waals surface area contributed by atoms with Crippen molar-refractivity contribution in [2.45, 2.75) is 44.6 Å². The molecule has 1 saturated carbocycles. The van der Waals surface area contributed by atoms with Gasteiger partial charge in [0, 0.05) is 18.0 Å². The Balaban J connectivity index is 1.76. The number of fused-ring (bicyclic) bond motifs is 4. The fourth-order valence-electron chi connectivity index (χ4n) is 4.66. The van der Waals surface area contributed by atoms with Gasteiger partial charge in [0.15, 0.2) is 11.4 Å². The van der Waals surface area contributed by atoms with Crippen molar-refractivity contribution in [3.63, 3.8) is 0 Å². The summed E-state index contributed by atoms with van der Waals surface area (Å²) in [4.78, 5) is 25.7. The van der Waals surface area contributed by atoms with Crippen molar-refractivity contribution in [1.29, 1.82) is 0 Å². The topological polar surface area (TPSA) is 68.5 Å². The standard InChI is InChI=1S/C24H21F2NO4/c1-2-7-27-22(28)18-11-14(13-8-15(25)12-16(26)9-13)10-17-19-21(30-20(17)18)24(31-23(19)29)5-3-4-6-24/h8-12H,2-7H2,1H3,(H,27,28). The largest absolute Gasteiger partial charge is 0.455 e. The molecule has 1 N–H and O–H groups in total. The van der Waals surface area contributed by atoms with Crippen molar-refractivity contribution >= 4 is 22.8 Å². The summed E-state index contributed by atoms with van der Waals surface area (Å²) in [5.41, 5.74) is 0.716. The van der Waals surface area contributed by atoms with E-state index in [1.54, 1.807) is 12.1 Å². The molecule has 5 nitrogen and oxygen atoms in total. The van der Waals surface area contributed by atoms with E-state index in [1.807, 2.05) is 6.92 Å². The van der Waals surface area contributed by atoms with Crippen molar-refractivity contribution < 1.29 is 27.5 Å². The molecule has 0 radical (unpaired) electrons. The Morgan fingerprint density at radius 3 is 2.42 bits per heavy atom. The lowest BCUT2D eigenvalue weighted by molar-refractivity contribution is -0.0130. The summed E-state index contributed by atoms with van der Waals surface area (Å²) < 4.78 is 39.6. The number of carbonyl (C=O) groups is 2. The summed E-state index contributed by atoms with van der Waals surface area (Å²) >= 11 is 0. The molecule has 0 unspecified atom stereocenters. The maximum atomic E-state index is 13.9. The third-order valence-corrected chi connectivity index (χ3v) is 6.08. The zero-order chi connectivity index (χ0) is 21.8. The second-order valence-corrected chi connectivity index (χ2v) is 8.21. The highest BCUT2D eigenvalue weighted by atomic mass is 19.1. The Morgan fingerprint density at radius 1 is 1.06 bits per heavy atom. The van der Waals surface area contributed by atoms with Crippen LogP contribution in [0.4, 0.5) is 8.78 Å². The van der Waals surface area contributed by atoms with Crippen LogP contribution in [0.15, 0.2) is 34.7 Å². The van der Waals surface area contributed by atoms with Gasteiger partial charge in [0.25, 0.3) is 5.91 Å². The van der Waals surface area contributed by atoms with Gasteiger partial charge in [0.05, 0.1) is 5.56 Å². The number of benzene rings is 2. The predicted octanol–water partition coefficient (Wildman–Crippen LogP) is 5.46. The molecule has 1 fully saturated rings. The summed E-state index contributed by atoms with van der Waals surface area (Å²) in [5.74, 6) is -1.86. The smallest absolute Gasteiger partial charge is 0.343 e. The van der Waals surface area contributed by atoms with Crippen molar-refractivity contribution in [2.24, 2.45) is 0 Å². The van der Waals surface area contributed by atoms with Crippen LogP contribution in [0.2, 0.25) is 0 Å². The minimum Gasteiger partial charge on any atom is -0.455 e. The normalized spacial score (nSPS) is 16.7. The molecule has 2 heterocycles. The number of hydrogen-bond acceptors (Lipinski definition) is 4. The molecule has 7 heteroatoms. The quantitative estimate of drug-likeness (QED) is 0.564. The van der Waals surface area contributed by atoms with Crippen LogP contribution in [0.5, 0.6) is 0 Å². The van der Waals surface area contributed by atoms with Crippen molar-refractivity contribution in [3.05, 3.63) is 58.9 Å². The first kappa shape index (κ1) is 19.7. The fraction of sp³-hybridized carbons (Fsp3) is 0.333. The van der Waals surface area contributed by atoms with Gasteiger partial charge in [-0.1, -0.05) is 6.92 Å². The summed E-state index contributed by atoms with van der Waals surface area (Å²) in [6, 6.07) is 6.35. The van der Waals surface area contributed by atoms with Gasteiger partial charge in [-0.05, 0) is 67.5 Å². The number of rotatable bonds is 4. The minimum absolute atomic E-state index is 0.223. The lowest BCUT2D eigenvalue weighted by atomic mass is 9.95. The van der Waals surface area contributed by atoms with Gasteiger partial charge in [-0.25, -0.2) is 13.6 Å². The second kappa shape index (κ2) is 7.18. The van der Waals surface area contributed by atoms with Crippen LogP contribution in [0.3, 0.4) is 0 Å². The molecule has 1 aromatic heterocycles. The van der Waals surface area contributed by atoms with E-state index in [2.05, 4.69) is 5.32 Å². The van der Waals surface area contributed by atoms with Crippen LogP contribution in [-0.4, -0.2) is 18.4 Å². The van der Waals surface area contributed by atoms with Crippen molar-refractivity contribution in [2.75, 3.05) is 6.54 Å². The van der Waals surface area contributed by atoms with E-state index in [0.717, 1.165) is 25.3 Å². The maximum absolute atomic E-state index is 13.9. The third-order valence-electron chi connectivity index (χ3n) is 6.08. The molecule has 160 valence electrons. The van der Waals surface area contributed by atoms with Crippen molar-refractivity contribution in [1.82, 2.24) is 5.32 Å². The number of halogens is 2. The first-order valence-electron chi connectivity index (χ1n) is 10.5. The van der Waals surface area contributed by atoms with E-state index < -0.39 is 23.2 Å². The highest BCUT2D eigenvalue weighted by molar-refractivity contribution is 6.14. The lowest BCUT2D eigenvalue weighted by Gasteiger charge is -2.20. The van der Waals surface area contributed by atoms with Gasteiger partial charge >= 0.3 is 5.97 Å². The molecule has 1 aliphatic carbocycles. The van der Waals surface area contributed by atoms with Gasteiger partial charge in [-0.15, -0.1) is 0 Å². The highest BCUT2D eigenvalue weighted by Crippen LogP contribution is 2.51. The third kappa shape index (κ3) is 3.10. The SMILES string of the molecule is CCCNC(=O)c1cc(-c2cc(F)cc(F)c2)cc2c3c(oc12)C1(CCCC1)OC3=O. The van der Waals surface area contributed by atoms with E-state index in [1.165, 1.54) is 12.1 Å². The molecule has 5 rings (SSSR count). The van der Waals surface area contributed by atoms with Crippen molar-refractivity contribution in [3.8, 4) is 11.1 Å². The Kier molecular flexibility index (Phi) is 4.57. The molecular formula is C24H21F2NO4. The fourth-order valence-corrected chi connectivity index (χ4v) is 4.66. The van der Waals surface area contributed by atoms with Crippen LogP contribution in [0, 0.1) is 11.6 Å². The number of amides is 1. The first-order valence-corrected chi connectivity index (χ1v) is 10.5. The molecule has 1 aliphatic heterocycles. The first-order chi connectivity index (χ1) is 14.9. The average molecular weight is 425 g/mol. The maximum Gasteiger partial charge on any atom is 0.343 e. The van der Waals surface area contributed by atoms with E-state index >= 15 is 0 Å². The van der Waals surface area contributed by atoms with Crippen LogP contribution < -0.4 is 5.32 Å². The molecule has 2 aliphatic rings. The number of hydrogen-bond donors (Lipinski definition) is 1. The van der Waals surface area contributed by atoms with Crippen LogP contribution >= 0.6 is 0 Å². The molecule has 2 aromatic carbocycles. The zero-order valence-corrected chi connectivity index (χ0v) is 17.0. The lowest BCUT2D eigenvalue weighted by Crippen LogP contribution is -2.24. The zero-order valence-electron chi connectivity index (χ0n) is 17.0. The molecule has 0 bridgehead atoms. The van der Waals surface area contributed by atoms with Gasteiger partial charge in [0.1, 0.15) is 22.8 Å². The Morgan fingerprint density at radius 2 is 1.74 bits per heavy atom. The molecule has 31 heavy (non-hydrogen) atoms. The number of esters is 1. The predicted molar refractivity (Wildman–Crippen MR) is 110 cm³/mol. The number of ether oxygens (including phenoxy) is 1. The molecular weight excluding hydrogens is 404 g/mol. The number of furan rings is 1. The van der Waals surface area contributed by atoms with Gasteiger partial charge in [-0.2, -0.15) is 0 Å². The average Bonchev–Trinajstić information content (AvgIpc) is 3.41. The van der Waals surface area contributed by atoms with E-state index in [4.69, 9.17) is 9.15 Å². The van der Waals surface area contributed by atoms with Crippen LogP contribution in [-0.2, 0) is 10.3 Å². The molecule has 1 spiro atoms. The van der Waals surface area contributed by atoms with Crippen LogP contribution in [0.25, 0.3) is 22.1 Å². The number of nitrogens with one attached hydrogen (secondary N) is 1. The molecule has 3 aromatic rings. The van der Waals surface area contributed by atoms with Gasteiger partial charge in [-0.3, -0.25) is 4.79 Å².